The van der Waals surface area contributed by atoms with Gasteiger partial charge in [-0.3, -0.25) is 9.59 Å². The minimum Gasteiger partial charge on any atom is -0.384 e. The van der Waals surface area contributed by atoms with Gasteiger partial charge in [0.1, 0.15) is 17.2 Å². The number of aryl methyl sites for hydroxylation is 1. The number of hydrogen-bond donors (Lipinski definition) is 1. The van der Waals surface area contributed by atoms with Gasteiger partial charge in [-0.05, 0) is 26.3 Å². The quantitative estimate of drug-likeness (QED) is 0.849. The zero-order chi connectivity index (χ0) is 13.1. The van der Waals surface area contributed by atoms with Crippen LogP contribution in [-0.2, 0) is 15.2 Å². The van der Waals surface area contributed by atoms with Crippen LogP contribution in [0, 0.1) is 6.92 Å². The summed E-state index contributed by atoms with van der Waals surface area (Å²) in [6.07, 6.45) is -0.0642. The maximum Gasteiger partial charge on any atom is 0.133 e. The molecule has 92 valence electrons. The second-order valence-corrected chi connectivity index (χ2v) is 4.66. The van der Waals surface area contributed by atoms with Crippen molar-refractivity contribution >= 4 is 11.6 Å². The summed E-state index contributed by atoms with van der Waals surface area (Å²) in [5.41, 5.74) is 0.320. The van der Waals surface area contributed by atoms with Crippen molar-refractivity contribution < 1.29 is 14.7 Å². The van der Waals surface area contributed by atoms with Crippen LogP contribution in [-0.4, -0.2) is 16.7 Å². The van der Waals surface area contributed by atoms with E-state index in [1.165, 1.54) is 13.8 Å². The molecule has 1 aromatic carbocycles. The maximum atomic E-state index is 11.2. The van der Waals surface area contributed by atoms with Crippen LogP contribution in [0.4, 0.5) is 0 Å². The Morgan fingerprint density at radius 1 is 1.06 bits per heavy atom. The molecule has 0 aliphatic rings. The van der Waals surface area contributed by atoms with Crippen LogP contribution in [0.2, 0.25) is 0 Å². The van der Waals surface area contributed by atoms with Gasteiger partial charge in [0.25, 0.3) is 0 Å². The Labute approximate surface area is 101 Å². The van der Waals surface area contributed by atoms with Crippen molar-refractivity contribution in [3.8, 4) is 0 Å². The SMILES string of the molecule is CC(=O)CC(O)(CC(C)=O)c1ccc(C)cc1. The van der Waals surface area contributed by atoms with E-state index in [9.17, 15) is 14.7 Å². The third-order valence-electron chi connectivity index (χ3n) is 2.67. The van der Waals surface area contributed by atoms with Crippen molar-refractivity contribution in [2.75, 3.05) is 0 Å². The molecule has 0 fully saturated rings. The van der Waals surface area contributed by atoms with Gasteiger partial charge >= 0.3 is 0 Å². The molecule has 0 saturated heterocycles. The van der Waals surface area contributed by atoms with Crippen molar-refractivity contribution in [2.24, 2.45) is 0 Å². The molecule has 0 aliphatic carbocycles. The van der Waals surface area contributed by atoms with Crippen molar-refractivity contribution in [3.63, 3.8) is 0 Å². The Balaban J connectivity index is 3.08. The number of hydrogen-bond acceptors (Lipinski definition) is 3. The molecule has 0 radical (unpaired) electrons. The molecular formula is C14H18O3. The van der Waals surface area contributed by atoms with Crippen molar-refractivity contribution in [1.29, 1.82) is 0 Å². The number of carbonyl (C=O) groups excluding carboxylic acids is 2. The van der Waals surface area contributed by atoms with Crippen LogP contribution in [0.5, 0.6) is 0 Å². The van der Waals surface area contributed by atoms with Gasteiger partial charge in [0.05, 0.1) is 0 Å². The van der Waals surface area contributed by atoms with Crippen LogP contribution in [0.1, 0.15) is 37.8 Å². The molecule has 3 heteroatoms. The first-order chi connectivity index (χ1) is 7.83. The first-order valence-corrected chi connectivity index (χ1v) is 5.62. The Bertz CT molecular complexity index is 402. The zero-order valence-corrected chi connectivity index (χ0v) is 10.5. The highest BCUT2D eigenvalue weighted by atomic mass is 16.3. The standard InChI is InChI=1S/C14H18O3/c1-10-4-6-13(7-5-10)14(17,8-11(2)15)9-12(3)16/h4-7,17H,8-9H2,1-3H3. The molecule has 1 N–H and O–H groups in total. The van der Waals surface area contributed by atoms with E-state index >= 15 is 0 Å². The maximum absolute atomic E-state index is 11.2. The van der Waals surface area contributed by atoms with Crippen LogP contribution < -0.4 is 0 Å². The number of carbonyl (C=O) groups is 2. The lowest BCUT2D eigenvalue weighted by Gasteiger charge is -2.26. The molecule has 3 nitrogen and oxygen atoms in total. The van der Waals surface area contributed by atoms with Crippen LogP contribution >= 0.6 is 0 Å². The molecule has 0 spiro atoms. The molecule has 1 rings (SSSR count). The molecule has 0 heterocycles. The van der Waals surface area contributed by atoms with Gasteiger partial charge in [-0.25, -0.2) is 0 Å². The zero-order valence-electron chi connectivity index (χ0n) is 10.5. The van der Waals surface area contributed by atoms with Crippen LogP contribution in [0.15, 0.2) is 24.3 Å². The normalized spacial score (nSPS) is 11.3. The summed E-state index contributed by atoms with van der Waals surface area (Å²) < 4.78 is 0. The monoisotopic (exact) mass is 234 g/mol. The van der Waals surface area contributed by atoms with Crippen LogP contribution in [0.25, 0.3) is 0 Å². The fraction of sp³-hybridized carbons (Fsp3) is 0.429. The van der Waals surface area contributed by atoms with Gasteiger partial charge < -0.3 is 5.11 Å². The molecule has 0 saturated carbocycles. The Hall–Kier alpha value is -1.48. The lowest BCUT2D eigenvalue weighted by molar-refractivity contribution is -0.127. The number of aliphatic hydroxyl groups is 1. The van der Waals surface area contributed by atoms with Gasteiger partial charge in [0.15, 0.2) is 0 Å². The molecule has 0 unspecified atom stereocenters. The summed E-state index contributed by atoms with van der Waals surface area (Å²) in [4.78, 5) is 22.4. The number of benzene rings is 1. The van der Waals surface area contributed by atoms with E-state index in [1.54, 1.807) is 12.1 Å². The van der Waals surface area contributed by atoms with Gasteiger partial charge in [-0.15, -0.1) is 0 Å². The molecule has 0 aromatic heterocycles. The van der Waals surface area contributed by atoms with Gasteiger partial charge in [-0.1, -0.05) is 29.8 Å². The first kappa shape index (κ1) is 13.6. The van der Waals surface area contributed by atoms with E-state index < -0.39 is 5.60 Å². The van der Waals surface area contributed by atoms with E-state index in [0.29, 0.717) is 5.56 Å². The average molecular weight is 234 g/mol. The molecule has 1 aromatic rings. The highest BCUT2D eigenvalue weighted by molar-refractivity contribution is 5.81. The second kappa shape index (κ2) is 5.23. The fourth-order valence-electron chi connectivity index (χ4n) is 1.95. The summed E-state index contributed by atoms with van der Waals surface area (Å²) in [5, 5.41) is 10.5. The van der Waals surface area contributed by atoms with E-state index in [4.69, 9.17) is 0 Å². The highest BCUT2D eigenvalue weighted by Gasteiger charge is 2.32. The van der Waals surface area contributed by atoms with Gasteiger partial charge in [-0.2, -0.15) is 0 Å². The first-order valence-electron chi connectivity index (χ1n) is 5.62. The molecule has 0 atom stereocenters. The third-order valence-corrected chi connectivity index (χ3v) is 2.67. The third kappa shape index (κ3) is 3.79. The molecule has 0 aliphatic heterocycles. The van der Waals surface area contributed by atoms with E-state index in [0.717, 1.165) is 5.56 Å². The predicted molar refractivity (Wildman–Crippen MR) is 65.7 cm³/mol. The molecular weight excluding hydrogens is 216 g/mol. The van der Waals surface area contributed by atoms with E-state index in [2.05, 4.69) is 0 Å². The molecule has 0 amide bonds. The largest absolute Gasteiger partial charge is 0.384 e. The lowest BCUT2D eigenvalue weighted by Crippen LogP contribution is -2.30. The topological polar surface area (TPSA) is 54.4 Å². The minimum absolute atomic E-state index is 0.0321. The van der Waals surface area contributed by atoms with Gasteiger partial charge in [0, 0.05) is 12.8 Å². The van der Waals surface area contributed by atoms with E-state index in [-0.39, 0.29) is 24.4 Å². The number of Topliss-reactive ketones (excluding diaryl/α,β-unsaturated/α-hetero) is 2. The number of rotatable bonds is 5. The van der Waals surface area contributed by atoms with Crippen molar-refractivity contribution in [1.82, 2.24) is 0 Å². The van der Waals surface area contributed by atoms with Crippen LogP contribution in [0.3, 0.4) is 0 Å². The van der Waals surface area contributed by atoms with E-state index in [1.807, 2.05) is 19.1 Å². The minimum atomic E-state index is -1.37. The van der Waals surface area contributed by atoms with Crippen molar-refractivity contribution in [3.05, 3.63) is 35.4 Å². The smallest absolute Gasteiger partial charge is 0.133 e. The highest BCUT2D eigenvalue weighted by Crippen LogP contribution is 2.29. The predicted octanol–water partition coefficient (Wildman–Crippen LogP) is 2.14. The average Bonchev–Trinajstić information content (AvgIpc) is 2.15. The Kier molecular flexibility index (Phi) is 4.18. The van der Waals surface area contributed by atoms with Gasteiger partial charge in [0.2, 0.25) is 0 Å². The Morgan fingerprint density at radius 2 is 1.47 bits per heavy atom. The Morgan fingerprint density at radius 3 is 1.82 bits per heavy atom. The summed E-state index contributed by atoms with van der Waals surface area (Å²) in [6, 6.07) is 7.25. The second-order valence-electron chi connectivity index (χ2n) is 4.66. The lowest BCUT2D eigenvalue weighted by atomic mass is 9.84. The van der Waals surface area contributed by atoms with Crippen molar-refractivity contribution in [2.45, 2.75) is 39.2 Å². The summed E-state index contributed by atoms with van der Waals surface area (Å²) >= 11 is 0. The molecule has 0 bridgehead atoms. The molecule has 17 heavy (non-hydrogen) atoms. The summed E-state index contributed by atoms with van der Waals surface area (Å²) in [5.74, 6) is -0.261. The number of ketones is 2. The fourth-order valence-corrected chi connectivity index (χ4v) is 1.95. The summed E-state index contributed by atoms with van der Waals surface area (Å²) in [7, 11) is 0. The summed E-state index contributed by atoms with van der Waals surface area (Å²) in [6.45, 7) is 4.78.